The summed E-state index contributed by atoms with van der Waals surface area (Å²) in [6.07, 6.45) is 0. The summed E-state index contributed by atoms with van der Waals surface area (Å²) in [5, 5.41) is 4.94. The zero-order valence-electron chi connectivity index (χ0n) is 32.0. The first-order chi connectivity index (χ1) is 28.8. The van der Waals surface area contributed by atoms with Crippen LogP contribution in [0.15, 0.2) is 237 Å². The van der Waals surface area contributed by atoms with Gasteiger partial charge >= 0.3 is 0 Å². The van der Waals surface area contributed by atoms with Gasteiger partial charge < -0.3 is 4.90 Å². The fourth-order valence-corrected chi connectivity index (χ4v) is 9.62. The van der Waals surface area contributed by atoms with E-state index in [9.17, 15) is 0 Å². The van der Waals surface area contributed by atoms with Crippen LogP contribution in [-0.4, -0.2) is 0 Å². The third-order valence-electron chi connectivity index (χ3n) is 12.1. The lowest BCUT2D eigenvalue weighted by Crippen LogP contribution is -2.28. The smallest absolute Gasteiger partial charge is 0.0714 e. The number of hydrogen-bond donors (Lipinski definition) is 0. The van der Waals surface area contributed by atoms with Crippen molar-refractivity contribution in [2.24, 2.45) is 0 Å². The maximum absolute atomic E-state index is 2.50. The average Bonchev–Trinajstić information content (AvgIpc) is 3.61. The third kappa shape index (κ3) is 5.32. The van der Waals surface area contributed by atoms with Crippen molar-refractivity contribution in [3.63, 3.8) is 0 Å². The first-order valence-electron chi connectivity index (χ1n) is 20.1. The zero-order valence-corrected chi connectivity index (χ0v) is 32.0. The minimum absolute atomic E-state index is 0.497. The van der Waals surface area contributed by atoms with Gasteiger partial charge in [-0.2, -0.15) is 0 Å². The topological polar surface area (TPSA) is 3.24 Å². The van der Waals surface area contributed by atoms with Gasteiger partial charge in [-0.15, -0.1) is 0 Å². The molecule has 0 amide bonds. The SMILES string of the molecule is c1ccc(C2(c3ccccc3)c3ccccc3-c3c(N(c4cccc(-c5ccc(-c6cccc7ccccc67)cc5)c4)c4cccc5ccccc45)cccc32)cc1. The predicted octanol–water partition coefficient (Wildman–Crippen LogP) is 15.2. The Hall–Kier alpha value is -7.48. The van der Waals surface area contributed by atoms with Crippen LogP contribution in [0.3, 0.4) is 0 Å². The van der Waals surface area contributed by atoms with Crippen LogP contribution in [0.25, 0.3) is 54.9 Å². The lowest BCUT2D eigenvalue weighted by Gasteiger charge is -2.34. The molecule has 0 heterocycles. The monoisotopic (exact) mass is 737 g/mol. The molecule has 1 nitrogen and oxygen atoms in total. The molecule has 58 heavy (non-hydrogen) atoms. The van der Waals surface area contributed by atoms with Crippen LogP contribution in [-0.2, 0) is 5.41 Å². The molecule has 0 saturated carbocycles. The maximum Gasteiger partial charge on any atom is 0.0714 e. The summed E-state index contributed by atoms with van der Waals surface area (Å²) in [6, 6.07) is 86.8. The van der Waals surface area contributed by atoms with Gasteiger partial charge in [0.25, 0.3) is 0 Å². The highest BCUT2D eigenvalue weighted by atomic mass is 15.1. The second-order valence-corrected chi connectivity index (χ2v) is 15.2. The molecule has 1 heteroatoms. The van der Waals surface area contributed by atoms with Crippen molar-refractivity contribution in [1.82, 2.24) is 0 Å². The third-order valence-corrected chi connectivity index (χ3v) is 12.1. The van der Waals surface area contributed by atoms with Gasteiger partial charge in [-0.1, -0.05) is 212 Å². The largest absolute Gasteiger partial charge is 0.309 e. The molecule has 0 atom stereocenters. The van der Waals surface area contributed by atoms with Crippen LogP contribution < -0.4 is 4.90 Å². The molecular formula is C57H39N. The van der Waals surface area contributed by atoms with Crippen molar-refractivity contribution in [2.75, 3.05) is 4.90 Å². The molecule has 0 N–H and O–H groups in total. The van der Waals surface area contributed by atoms with E-state index >= 15 is 0 Å². The van der Waals surface area contributed by atoms with E-state index in [2.05, 4.69) is 241 Å². The fourth-order valence-electron chi connectivity index (χ4n) is 9.62. The highest BCUT2D eigenvalue weighted by molar-refractivity contribution is 6.04. The number of fused-ring (bicyclic) bond motifs is 5. The molecule has 0 spiro atoms. The number of benzene rings is 10. The van der Waals surface area contributed by atoms with Gasteiger partial charge in [0.1, 0.15) is 0 Å². The minimum Gasteiger partial charge on any atom is -0.309 e. The van der Waals surface area contributed by atoms with Gasteiger partial charge in [0.2, 0.25) is 0 Å². The lowest BCUT2D eigenvalue weighted by molar-refractivity contribution is 0.768. The fraction of sp³-hybridized carbons (Fsp3) is 0.0175. The molecule has 1 aliphatic carbocycles. The Kier molecular flexibility index (Phi) is 8.12. The Morgan fingerprint density at radius 2 is 0.828 bits per heavy atom. The molecule has 0 bridgehead atoms. The highest BCUT2D eigenvalue weighted by Crippen LogP contribution is 2.59. The number of anilines is 3. The summed E-state index contributed by atoms with van der Waals surface area (Å²) >= 11 is 0. The van der Waals surface area contributed by atoms with Crippen LogP contribution in [0.1, 0.15) is 22.3 Å². The first kappa shape index (κ1) is 33.8. The Morgan fingerprint density at radius 3 is 1.59 bits per heavy atom. The van der Waals surface area contributed by atoms with Gasteiger partial charge in [-0.3, -0.25) is 0 Å². The normalized spacial score (nSPS) is 12.6. The van der Waals surface area contributed by atoms with Crippen molar-refractivity contribution < 1.29 is 0 Å². The molecule has 10 aromatic carbocycles. The molecule has 0 fully saturated rings. The van der Waals surface area contributed by atoms with E-state index in [1.54, 1.807) is 0 Å². The summed E-state index contributed by atoms with van der Waals surface area (Å²) in [5.41, 5.74) is 15.3. The lowest BCUT2D eigenvalue weighted by atomic mass is 9.68. The van der Waals surface area contributed by atoms with E-state index in [-0.39, 0.29) is 0 Å². The zero-order chi connectivity index (χ0) is 38.5. The molecule has 0 saturated heterocycles. The van der Waals surface area contributed by atoms with Crippen LogP contribution in [0.2, 0.25) is 0 Å². The summed E-state index contributed by atoms with van der Waals surface area (Å²) in [7, 11) is 0. The van der Waals surface area contributed by atoms with E-state index in [4.69, 9.17) is 0 Å². The van der Waals surface area contributed by atoms with E-state index in [1.807, 2.05) is 0 Å². The Balaban J connectivity index is 1.13. The van der Waals surface area contributed by atoms with Crippen molar-refractivity contribution in [3.05, 3.63) is 259 Å². The van der Waals surface area contributed by atoms with E-state index < -0.39 is 5.41 Å². The molecule has 0 aliphatic heterocycles. The van der Waals surface area contributed by atoms with Crippen molar-refractivity contribution in [3.8, 4) is 33.4 Å². The van der Waals surface area contributed by atoms with Crippen LogP contribution in [0, 0.1) is 0 Å². The first-order valence-corrected chi connectivity index (χ1v) is 20.1. The standard InChI is InChI=1S/C57H39N/c1-3-22-45(23-4-1)57(46-24-5-2-6-25-46)52-31-12-11-29-51(52)56-53(57)32-16-34-55(56)58(54-33-15-20-42-18-8-10-28-50(42)54)47-26-13-21-44(39-47)40-35-37-43(38-36-40)49-30-14-19-41-17-7-9-27-48(41)49/h1-39H. The summed E-state index contributed by atoms with van der Waals surface area (Å²) in [6.45, 7) is 0. The van der Waals surface area contributed by atoms with E-state index in [0.29, 0.717) is 0 Å². The van der Waals surface area contributed by atoms with Gasteiger partial charge in [0.15, 0.2) is 0 Å². The Morgan fingerprint density at radius 1 is 0.310 bits per heavy atom. The minimum atomic E-state index is -0.497. The van der Waals surface area contributed by atoms with Crippen LogP contribution in [0.4, 0.5) is 17.1 Å². The van der Waals surface area contributed by atoms with Gasteiger partial charge in [-0.05, 0) is 90.5 Å². The quantitative estimate of drug-likeness (QED) is 0.157. The number of hydrogen-bond acceptors (Lipinski definition) is 1. The van der Waals surface area contributed by atoms with E-state index in [0.717, 1.165) is 17.1 Å². The van der Waals surface area contributed by atoms with Crippen LogP contribution >= 0.6 is 0 Å². The maximum atomic E-state index is 2.50. The molecule has 0 radical (unpaired) electrons. The molecule has 10 aromatic rings. The average molecular weight is 738 g/mol. The number of rotatable bonds is 7. The van der Waals surface area contributed by atoms with Crippen molar-refractivity contribution in [1.29, 1.82) is 0 Å². The molecule has 1 aliphatic rings. The summed E-state index contributed by atoms with van der Waals surface area (Å²) in [5.74, 6) is 0. The van der Waals surface area contributed by atoms with Gasteiger partial charge in [-0.25, -0.2) is 0 Å². The van der Waals surface area contributed by atoms with Gasteiger partial charge in [0.05, 0.1) is 16.8 Å². The molecule has 0 unspecified atom stereocenters. The van der Waals surface area contributed by atoms with Crippen molar-refractivity contribution >= 4 is 38.6 Å². The summed E-state index contributed by atoms with van der Waals surface area (Å²) < 4.78 is 0. The van der Waals surface area contributed by atoms with Gasteiger partial charge in [0, 0.05) is 16.6 Å². The highest BCUT2D eigenvalue weighted by Gasteiger charge is 2.47. The molecule has 0 aromatic heterocycles. The van der Waals surface area contributed by atoms with Crippen LogP contribution in [0.5, 0.6) is 0 Å². The predicted molar refractivity (Wildman–Crippen MR) is 244 cm³/mol. The Labute approximate surface area is 339 Å². The van der Waals surface area contributed by atoms with Crippen molar-refractivity contribution in [2.45, 2.75) is 5.41 Å². The van der Waals surface area contributed by atoms with E-state index in [1.165, 1.54) is 77.2 Å². The molecule has 11 rings (SSSR count). The second-order valence-electron chi connectivity index (χ2n) is 15.2. The Bertz CT molecular complexity index is 3060. The second kappa shape index (κ2) is 13.9. The number of nitrogens with zero attached hydrogens (tertiary/aromatic N) is 1. The molecular weight excluding hydrogens is 699 g/mol. The molecule has 272 valence electrons. The summed E-state index contributed by atoms with van der Waals surface area (Å²) in [4.78, 5) is 2.50.